The molecular formula is C15H20O4. The lowest BCUT2D eigenvalue weighted by Gasteiger charge is -2.18. The average Bonchev–Trinajstić information content (AvgIpc) is 2.68. The molecule has 0 radical (unpaired) electrons. The molecule has 0 spiro atoms. The summed E-state index contributed by atoms with van der Waals surface area (Å²) in [6, 6.07) is 5.93. The molecule has 1 aliphatic rings. The first-order chi connectivity index (χ1) is 9.02. The minimum absolute atomic E-state index is 0.173. The third kappa shape index (κ3) is 3.40. The van der Waals surface area contributed by atoms with Crippen molar-refractivity contribution in [1.29, 1.82) is 0 Å². The van der Waals surface area contributed by atoms with Crippen LogP contribution in [-0.2, 0) is 16.0 Å². The van der Waals surface area contributed by atoms with Crippen LogP contribution >= 0.6 is 0 Å². The first-order valence-corrected chi connectivity index (χ1v) is 6.52. The lowest BCUT2D eigenvalue weighted by molar-refractivity contribution is -0.140. The van der Waals surface area contributed by atoms with E-state index in [-0.39, 0.29) is 11.6 Å². The second kappa shape index (κ2) is 5.51. The van der Waals surface area contributed by atoms with E-state index >= 15 is 0 Å². The second-order valence-electron chi connectivity index (χ2n) is 5.31. The molecule has 0 saturated heterocycles. The maximum Gasteiger partial charge on any atom is 0.305 e. The van der Waals surface area contributed by atoms with Crippen molar-refractivity contribution in [2.45, 2.75) is 38.7 Å². The van der Waals surface area contributed by atoms with Crippen LogP contribution in [0.2, 0.25) is 0 Å². The number of rotatable bonds is 5. The molecule has 2 rings (SSSR count). The van der Waals surface area contributed by atoms with Crippen LogP contribution in [0.25, 0.3) is 0 Å². The zero-order valence-electron chi connectivity index (χ0n) is 11.7. The molecule has 0 amide bonds. The van der Waals surface area contributed by atoms with E-state index < -0.39 is 0 Å². The van der Waals surface area contributed by atoms with Crippen molar-refractivity contribution in [3.05, 3.63) is 23.8 Å². The average molecular weight is 264 g/mol. The van der Waals surface area contributed by atoms with E-state index in [1.54, 1.807) is 0 Å². The molecule has 4 nitrogen and oxygen atoms in total. The molecular weight excluding hydrogens is 244 g/mol. The Morgan fingerprint density at radius 1 is 1.42 bits per heavy atom. The molecule has 0 bridgehead atoms. The molecule has 4 heteroatoms. The first-order valence-electron chi connectivity index (χ1n) is 6.52. The third-order valence-corrected chi connectivity index (χ3v) is 3.07. The fourth-order valence-corrected chi connectivity index (χ4v) is 2.20. The first kappa shape index (κ1) is 13.7. The molecule has 19 heavy (non-hydrogen) atoms. The van der Waals surface area contributed by atoms with E-state index in [9.17, 15) is 4.79 Å². The summed E-state index contributed by atoms with van der Waals surface area (Å²) in [7, 11) is 1.39. The molecule has 0 unspecified atom stereocenters. The number of benzene rings is 1. The number of carbonyl (C=O) groups excluding carboxylic acids is 1. The highest BCUT2D eigenvalue weighted by molar-refractivity contribution is 5.69. The monoisotopic (exact) mass is 264 g/mol. The molecule has 1 aliphatic heterocycles. The van der Waals surface area contributed by atoms with Gasteiger partial charge in [0.25, 0.3) is 0 Å². The van der Waals surface area contributed by atoms with E-state index in [1.165, 1.54) is 12.7 Å². The molecule has 0 aromatic heterocycles. The van der Waals surface area contributed by atoms with Gasteiger partial charge in [0.2, 0.25) is 0 Å². The SMILES string of the molecule is COC(=O)CCCOc1cccc2c1OC(C)(C)C2. The summed E-state index contributed by atoms with van der Waals surface area (Å²) in [5.74, 6) is 1.39. The van der Waals surface area contributed by atoms with Gasteiger partial charge in [0.05, 0.1) is 13.7 Å². The summed E-state index contributed by atoms with van der Waals surface area (Å²) in [6.07, 6.45) is 1.90. The molecule has 104 valence electrons. The molecule has 0 saturated carbocycles. The summed E-state index contributed by atoms with van der Waals surface area (Å²) in [6.45, 7) is 4.61. The van der Waals surface area contributed by atoms with Gasteiger partial charge in [-0.05, 0) is 26.3 Å². The van der Waals surface area contributed by atoms with Crippen molar-refractivity contribution in [2.24, 2.45) is 0 Å². The normalized spacial score (nSPS) is 15.5. The fraction of sp³-hybridized carbons (Fsp3) is 0.533. The van der Waals surface area contributed by atoms with Crippen molar-refractivity contribution >= 4 is 5.97 Å². The fourth-order valence-electron chi connectivity index (χ4n) is 2.20. The summed E-state index contributed by atoms with van der Waals surface area (Å²) in [4.78, 5) is 11.0. The van der Waals surface area contributed by atoms with Crippen molar-refractivity contribution in [3.8, 4) is 11.5 Å². The highest BCUT2D eigenvalue weighted by Crippen LogP contribution is 2.41. The molecule has 1 aromatic carbocycles. The van der Waals surface area contributed by atoms with Crippen LogP contribution in [0, 0.1) is 0 Å². The van der Waals surface area contributed by atoms with Crippen LogP contribution in [0.4, 0.5) is 0 Å². The predicted octanol–water partition coefficient (Wildman–Crippen LogP) is 2.73. The van der Waals surface area contributed by atoms with E-state index in [1.807, 2.05) is 12.1 Å². The Labute approximate surface area is 113 Å². The van der Waals surface area contributed by atoms with Crippen LogP contribution in [0.1, 0.15) is 32.3 Å². The van der Waals surface area contributed by atoms with E-state index in [0.29, 0.717) is 19.4 Å². The summed E-state index contributed by atoms with van der Waals surface area (Å²) >= 11 is 0. The zero-order valence-corrected chi connectivity index (χ0v) is 11.7. The van der Waals surface area contributed by atoms with Gasteiger partial charge in [-0.15, -0.1) is 0 Å². The molecule has 0 N–H and O–H groups in total. The van der Waals surface area contributed by atoms with Gasteiger partial charge < -0.3 is 14.2 Å². The van der Waals surface area contributed by atoms with E-state index in [2.05, 4.69) is 24.7 Å². The Kier molecular flexibility index (Phi) is 3.98. The van der Waals surface area contributed by atoms with Crippen molar-refractivity contribution in [2.75, 3.05) is 13.7 Å². The quantitative estimate of drug-likeness (QED) is 0.606. The van der Waals surface area contributed by atoms with E-state index in [4.69, 9.17) is 9.47 Å². The summed E-state index contributed by atoms with van der Waals surface area (Å²) in [5, 5.41) is 0. The molecule has 1 heterocycles. The molecule has 0 atom stereocenters. The number of esters is 1. The topological polar surface area (TPSA) is 44.8 Å². The van der Waals surface area contributed by atoms with Gasteiger partial charge in [0.15, 0.2) is 11.5 Å². The minimum Gasteiger partial charge on any atom is -0.490 e. The Bertz CT molecular complexity index is 465. The Morgan fingerprint density at radius 3 is 2.95 bits per heavy atom. The van der Waals surface area contributed by atoms with Crippen molar-refractivity contribution in [1.82, 2.24) is 0 Å². The maximum atomic E-state index is 11.0. The van der Waals surface area contributed by atoms with Gasteiger partial charge in [-0.1, -0.05) is 12.1 Å². The molecule has 1 aromatic rings. The highest BCUT2D eigenvalue weighted by atomic mass is 16.5. The van der Waals surface area contributed by atoms with Crippen LogP contribution < -0.4 is 9.47 Å². The molecule has 0 fully saturated rings. The number of hydrogen-bond acceptors (Lipinski definition) is 4. The highest BCUT2D eigenvalue weighted by Gasteiger charge is 2.32. The van der Waals surface area contributed by atoms with Gasteiger partial charge in [-0.2, -0.15) is 0 Å². The van der Waals surface area contributed by atoms with Crippen molar-refractivity contribution in [3.63, 3.8) is 0 Å². The lowest BCUT2D eigenvalue weighted by Crippen LogP contribution is -2.24. The van der Waals surface area contributed by atoms with E-state index in [0.717, 1.165) is 17.9 Å². The molecule has 0 aliphatic carbocycles. The van der Waals surface area contributed by atoms with Crippen LogP contribution in [-0.4, -0.2) is 25.3 Å². The summed E-state index contributed by atoms with van der Waals surface area (Å²) in [5.41, 5.74) is 1.00. The van der Waals surface area contributed by atoms with Crippen LogP contribution in [0.3, 0.4) is 0 Å². The minimum atomic E-state index is -0.209. The Morgan fingerprint density at radius 2 is 2.21 bits per heavy atom. The predicted molar refractivity (Wildman–Crippen MR) is 71.6 cm³/mol. The lowest BCUT2D eigenvalue weighted by atomic mass is 10.0. The number of ether oxygens (including phenoxy) is 3. The number of hydrogen-bond donors (Lipinski definition) is 0. The third-order valence-electron chi connectivity index (χ3n) is 3.07. The zero-order chi connectivity index (χ0) is 13.9. The van der Waals surface area contributed by atoms with Gasteiger partial charge in [-0.25, -0.2) is 0 Å². The van der Waals surface area contributed by atoms with Gasteiger partial charge >= 0.3 is 5.97 Å². The van der Waals surface area contributed by atoms with Crippen LogP contribution in [0.5, 0.6) is 11.5 Å². The van der Waals surface area contributed by atoms with Crippen LogP contribution in [0.15, 0.2) is 18.2 Å². The Hall–Kier alpha value is -1.71. The van der Waals surface area contributed by atoms with Gasteiger partial charge in [-0.3, -0.25) is 4.79 Å². The van der Waals surface area contributed by atoms with Crippen molar-refractivity contribution < 1.29 is 19.0 Å². The second-order valence-corrected chi connectivity index (χ2v) is 5.31. The number of fused-ring (bicyclic) bond motifs is 1. The number of para-hydroxylation sites is 1. The number of methoxy groups -OCH3 is 1. The Balaban J connectivity index is 1.92. The van der Waals surface area contributed by atoms with Gasteiger partial charge in [0, 0.05) is 18.4 Å². The van der Waals surface area contributed by atoms with Gasteiger partial charge in [0.1, 0.15) is 5.60 Å². The standard InChI is InChI=1S/C15H20O4/c1-15(2)10-11-6-4-7-12(14(11)19-15)18-9-5-8-13(16)17-3/h4,6-7H,5,8-10H2,1-3H3. The number of carbonyl (C=O) groups is 1. The largest absolute Gasteiger partial charge is 0.490 e. The maximum absolute atomic E-state index is 11.0. The summed E-state index contributed by atoms with van der Waals surface area (Å²) < 4.78 is 16.2. The smallest absolute Gasteiger partial charge is 0.305 e.